The molecule has 0 saturated heterocycles. The van der Waals surface area contributed by atoms with Gasteiger partial charge in [-0.3, -0.25) is 0 Å². The normalized spacial score (nSPS) is 9.88. The predicted octanol–water partition coefficient (Wildman–Crippen LogP) is 2.02. The molecule has 4 heteroatoms. The number of nitrogens with one attached hydrogen (secondary N) is 2. The molecule has 0 fully saturated rings. The van der Waals surface area contributed by atoms with E-state index >= 15 is 0 Å². The highest BCUT2D eigenvalue weighted by atomic mass is 16.5. The Morgan fingerprint density at radius 3 is 2.81 bits per heavy atom. The lowest BCUT2D eigenvalue weighted by Crippen LogP contribution is -2.28. The van der Waals surface area contributed by atoms with Crippen molar-refractivity contribution in [3.8, 4) is 0 Å². The molecule has 0 bridgehead atoms. The molecule has 2 amide bonds. The maximum atomic E-state index is 11.4. The molecular weight excluding hydrogens is 204 g/mol. The number of carbonyl (C=O) groups excluding carboxylic acids is 1. The van der Waals surface area contributed by atoms with Gasteiger partial charge in [0.25, 0.3) is 0 Å². The molecule has 0 unspecified atom stereocenters. The number of methoxy groups -OCH3 is 1. The van der Waals surface area contributed by atoms with Gasteiger partial charge in [-0.1, -0.05) is 18.2 Å². The maximum Gasteiger partial charge on any atom is 0.319 e. The molecule has 0 atom stereocenters. The van der Waals surface area contributed by atoms with Crippen LogP contribution in [-0.4, -0.2) is 26.3 Å². The number of amides is 2. The minimum atomic E-state index is -0.174. The summed E-state index contributed by atoms with van der Waals surface area (Å²) in [5.41, 5.74) is 1.92. The summed E-state index contributed by atoms with van der Waals surface area (Å²) in [7, 11) is 1.67. The van der Waals surface area contributed by atoms with E-state index in [1.54, 1.807) is 7.11 Å². The van der Waals surface area contributed by atoms with E-state index in [4.69, 9.17) is 4.74 Å². The van der Waals surface area contributed by atoms with E-state index in [1.807, 2.05) is 31.2 Å². The summed E-state index contributed by atoms with van der Waals surface area (Å²) >= 11 is 0. The van der Waals surface area contributed by atoms with Crippen LogP contribution in [0.5, 0.6) is 0 Å². The lowest BCUT2D eigenvalue weighted by Gasteiger charge is -2.10. The quantitative estimate of drug-likeness (QED) is 0.800. The predicted molar refractivity (Wildman–Crippen MR) is 64.7 cm³/mol. The molecule has 16 heavy (non-hydrogen) atoms. The number of para-hydroxylation sites is 1. The van der Waals surface area contributed by atoms with Gasteiger partial charge in [0.1, 0.15) is 0 Å². The summed E-state index contributed by atoms with van der Waals surface area (Å²) < 4.78 is 5.02. The highest BCUT2D eigenvalue weighted by Gasteiger charge is 2.04. The third-order valence-electron chi connectivity index (χ3n) is 2.18. The van der Waals surface area contributed by atoms with Crippen molar-refractivity contribution in [2.45, 2.75) is 13.3 Å². The second kappa shape index (κ2) is 6.85. The number of benzene rings is 1. The Bertz CT molecular complexity index is 340. The molecule has 4 nitrogen and oxygen atoms in total. The zero-order valence-electron chi connectivity index (χ0n) is 9.75. The minimum Gasteiger partial charge on any atom is -0.384 e. The molecule has 0 spiro atoms. The van der Waals surface area contributed by atoms with Crippen LogP contribution in [0.2, 0.25) is 0 Å². The van der Waals surface area contributed by atoms with E-state index in [2.05, 4.69) is 10.6 Å². The number of carbonyl (C=O) groups is 1. The van der Waals surface area contributed by atoms with Crippen LogP contribution in [0.3, 0.4) is 0 Å². The molecule has 2 N–H and O–H groups in total. The Labute approximate surface area is 96.0 Å². The Morgan fingerprint density at radius 1 is 1.38 bits per heavy atom. The van der Waals surface area contributed by atoms with Crippen molar-refractivity contribution < 1.29 is 9.53 Å². The average Bonchev–Trinajstić information content (AvgIpc) is 2.28. The maximum absolute atomic E-state index is 11.4. The van der Waals surface area contributed by atoms with Crippen LogP contribution in [0, 0.1) is 0 Å². The SMILES string of the molecule is CCNC(=O)Nc1ccccc1CCOC. The first kappa shape index (κ1) is 12.5. The van der Waals surface area contributed by atoms with Crippen LogP contribution in [0.25, 0.3) is 0 Å². The summed E-state index contributed by atoms with van der Waals surface area (Å²) in [4.78, 5) is 11.4. The fourth-order valence-electron chi connectivity index (χ4n) is 1.40. The molecule has 1 rings (SSSR count). The van der Waals surface area contributed by atoms with Crippen LogP contribution in [0.15, 0.2) is 24.3 Å². The third kappa shape index (κ3) is 3.90. The fourth-order valence-corrected chi connectivity index (χ4v) is 1.40. The summed E-state index contributed by atoms with van der Waals surface area (Å²) in [6.07, 6.45) is 0.791. The number of anilines is 1. The fraction of sp³-hybridized carbons (Fsp3) is 0.417. The topological polar surface area (TPSA) is 50.4 Å². The standard InChI is InChI=1S/C12H18N2O2/c1-3-13-12(15)14-11-7-5-4-6-10(11)8-9-16-2/h4-7H,3,8-9H2,1-2H3,(H2,13,14,15). The van der Waals surface area contributed by atoms with Crippen molar-refractivity contribution in [1.82, 2.24) is 5.32 Å². The van der Waals surface area contributed by atoms with Crippen molar-refractivity contribution in [3.63, 3.8) is 0 Å². The molecule has 88 valence electrons. The Balaban J connectivity index is 2.66. The van der Waals surface area contributed by atoms with Gasteiger partial charge in [0.2, 0.25) is 0 Å². The molecule has 0 aliphatic heterocycles. The van der Waals surface area contributed by atoms with Gasteiger partial charge in [-0.2, -0.15) is 0 Å². The first-order valence-corrected chi connectivity index (χ1v) is 5.39. The highest BCUT2D eigenvalue weighted by Crippen LogP contribution is 2.15. The summed E-state index contributed by atoms with van der Waals surface area (Å²) in [6, 6.07) is 7.56. The lowest BCUT2D eigenvalue weighted by atomic mass is 10.1. The molecule has 1 aromatic rings. The number of rotatable bonds is 5. The van der Waals surface area contributed by atoms with E-state index < -0.39 is 0 Å². The molecule has 0 aliphatic rings. The zero-order valence-corrected chi connectivity index (χ0v) is 9.75. The van der Waals surface area contributed by atoms with Crippen molar-refractivity contribution in [1.29, 1.82) is 0 Å². The summed E-state index contributed by atoms with van der Waals surface area (Å²) in [5, 5.41) is 5.51. The molecule has 0 saturated carbocycles. The molecular formula is C12H18N2O2. The minimum absolute atomic E-state index is 0.174. The van der Waals surface area contributed by atoms with E-state index in [0.29, 0.717) is 13.2 Å². The first-order chi connectivity index (χ1) is 7.77. The average molecular weight is 222 g/mol. The second-order valence-electron chi connectivity index (χ2n) is 3.38. The highest BCUT2D eigenvalue weighted by molar-refractivity contribution is 5.90. The third-order valence-corrected chi connectivity index (χ3v) is 2.18. The van der Waals surface area contributed by atoms with Gasteiger partial charge >= 0.3 is 6.03 Å². The van der Waals surface area contributed by atoms with Gasteiger partial charge in [0.15, 0.2) is 0 Å². The van der Waals surface area contributed by atoms with Crippen LogP contribution < -0.4 is 10.6 Å². The largest absolute Gasteiger partial charge is 0.384 e. The van der Waals surface area contributed by atoms with Gasteiger partial charge < -0.3 is 15.4 Å². The molecule has 0 radical (unpaired) electrons. The van der Waals surface area contributed by atoms with Gasteiger partial charge in [-0.05, 0) is 25.0 Å². The summed E-state index contributed by atoms with van der Waals surface area (Å²) in [6.45, 7) is 3.15. The number of urea groups is 1. The smallest absolute Gasteiger partial charge is 0.319 e. The lowest BCUT2D eigenvalue weighted by molar-refractivity contribution is 0.202. The molecule has 1 aromatic carbocycles. The van der Waals surface area contributed by atoms with Crippen LogP contribution in [0.4, 0.5) is 10.5 Å². The van der Waals surface area contributed by atoms with E-state index in [9.17, 15) is 4.79 Å². The number of hydrogen-bond acceptors (Lipinski definition) is 2. The number of hydrogen-bond donors (Lipinski definition) is 2. The molecule has 0 aromatic heterocycles. The Kier molecular flexibility index (Phi) is 5.36. The van der Waals surface area contributed by atoms with Crippen molar-refractivity contribution in [2.24, 2.45) is 0 Å². The van der Waals surface area contributed by atoms with E-state index in [0.717, 1.165) is 17.7 Å². The van der Waals surface area contributed by atoms with Crippen molar-refractivity contribution in [3.05, 3.63) is 29.8 Å². The monoisotopic (exact) mass is 222 g/mol. The van der Waals surface area contributed by atoms with E-state index in [1.165, 1.54) is 0 Å². The van der Waals surface area contributed by atoms with Crippen LogP contribution >= 0.6 is 0 Å². The van der Waals surface area contributed by atoms with Gasteiger partial charge in [-0.15, -0.1) is 0 Å². The second-order valence-corrected chi connectivity index (χ2v) is 3.38. The van der Waals surface area contributed by atoms with Crippen LogP contribution in [0.1, 0.15) is 12.5 Å². The zero-order chi connectivity index (χ0) is 11.8. The summed E-state index contributed by atoms with van der Waals surface area (Å²) in [5.74, 6) is 0. The number of ether oxygens (including phenoxy) is 1. The Hall–Kier alpha value is -1.55. The van der Waals surface area contributed by atoms with Crippen molar-refractivity contribution >= 4 is 11.7 Å². The van der Waals surface area contributed by atoms with Crippen molar-refractivity contribution in [2.75, 3.05) is 25.6 Å². The van der Waals surface area contributed by atoms with E-state index in [-0.39, 0.29) is 6.03 Å². The first-order valence-electron chi connectivity index (χ1n) is 5.39. The van der Waals surface area contributed by atoms with Gasteiger partial charge in [0, 0.05) is 19.3 Å². The Morgan fingerprint density at radius 2 is 2.12 bits per heavy atom. The van der Waals surface area contributed by atoms with Crippen LogP contribution in [-0.2, 0) is 11.2 Å². The van der Waals surface area contributed by atoms with Gasteiger partial charge in [0.05, 0.1) is 6.61 Å². The van der Waals surface area contributed by atoms with Gasteiger partial charge in [-0.25, -0.2) is 4.79 Å². The molecule has 0 heterocycles. The molecule has 0 aliphatic carbocycles.